The molecule has 0 bridgehead atoms. The second kappa shape index (κ2) is 6.78. The van der Waals surface area contributed by atoms with Crippen molar-refractivity contribution in [1.29, 1.82) is 0 Å². The van der Waals surface area contributed by atoms with Crippen LogP contribution in [-0.4, -0.2) is 29.3 Å². The van der Waals surface area contributed by atoms with Crippen LogP contribution in [0.3, 0.4) is 0 Å². The lowest BCUT2D eigenvalue weighted by Gasteiger charge is -2.16. The van der Waals surface area contributed by atoms with Crippen molar-refractivity contribution >= 4 is 5.95 Å². The molecular weight excluding hydrogens is 226 g/mol. The van der Waals surface area contributed by atoms with Crippen LogP contribution < -0.4 is 5.32 Å². The van der Waals surface area contributed by atoms with Crippen molar-refractivity contribution in [3.05, 3.63) is 12.4 Å². The highest BCUT2D eigenvalue weighted by atomic mass is 16.5. The van der Waals surface area contributed by atoms with Crippen molar-refractivity contribution in [2.45, 2.75) is 45.6 Å². The first-order valence-corrected chi connectivity index (χ1v) is 7.15. The smallest absolute Gasteiger partial charge is 0.203 e. The van der Waals surface area contributed by atoms with Crippen LogP contribution in [0.25, 0.3) is 0 Å². The van der Waals surface area contributed by atoms with E-state index in [4.69, 9.17) is 4.74 Å². The summed E-state index contributed by atoms with van der Waals surface area (Å²) in [4.78, 5) is 4.39. The van der Waals surface area contributed by atoms with Crippen molar-refractivity contribution in [1.82, 2.24) is 9.55 Å². The second-order valence-corrected chi connectivity index (χ2v) is 5.16. The molecule has 1 saturated carbocycles. The minimum absolute atomic E-state index is 0.550. The van der Waals surface area contributed by atoms with Crippen molar-refractivity contribution in [2.75, 3.05) is 25.1 Å². The number of anilines is 1. The first-order chi connectivity index (χ1) is 8.81. The Bertz CT molecular complexity index is 347. The van der Waals surface area contributed by atoms with Crippen molar-refractivity contribution in [3.8, 4) is 0 Å². The molecule has 1 atom stereocenters. The summed E-state index contributed by atoms with van der Waals surface area (Å²) in [6, 6.07) is 0.550. The zero-order valence-corrected chi connectivity index (χ0v) is 11.6. The topological polar surface area (TPSA) is 39.1 Å². The molecule has 1 aromatic heterocycles. The highest BCUT2D eigenvalue weighted by Gasteiger charge is 2.24. The van der Waals surface area contributed by atoms with E-state index in [1.165, 1.54) is 19.3 Å². The summed E-state index contributed by atoms with van der Waals surface area (Å²) in [5.41, 5.74) is 0. The molecule has 0 saturated heterocycles. The highest BCUT2D eigenvalue weighted by Crippen LogP contribution is 2.37. The quantitative estimate of drug-likeness (QED) is 0.685. The van der Waals surface area contributed by atoms with Crippen molar-refractivity contribution < 1.29 is 4.74 Å². The normalized spacial score (nSPS) is 16.8. The molecule has 1 N–H and O–H groups in total. The van der Waals surface area contributed by atoms with E-state index in [0.29, 0.717) is 6.04 Å². The van der Waals surface area contributed by atoms with E-state index >= 15 is 0 Å². The SMILES string of the molecule is CCOCCCNc1nccn1C(C)CC1CC1. The first-order valence-electron chi connectivity index (χ1n) is 7.15. The lowest BCUT2D eigenvalue weighted by Crippen LogP contribution is -2.13. The van der Waals surface area contributed by atoms with Crippen LogP contribution in [0, 0.1) is 5.92 Å². The van der Waals surface area contributed by atoms with Crippen molar-refractivity contribution in [3.63, 3.8) is 0 Å². The molecule has 0 aromatic carbocycles. The number of rotatable bonds is 9. The maximum absolute atomic E-state index is 5.32. The van der Waals surface area contributed by atoms with Crippen LogP contribution in [0.4, 0.5) is 5.95 Å². The molecule has 1 heterocycles. The van der Waals surface area contributed by atoms with Gasteiger partial charge in [0.05, 0.1) is 0 Å². The van der Waals surface area contributed by atoms with Gasteiger partial charge in [0.15, 0.2) is 0 Å². The van der Waals surface area contributed by atoms with Gasteiger partial charge < -0.3 is 14.6 Å². The molecule has 18 heavy (non-hydrogen) atoms. The predicted molar refractivity (Wildman–Crippen MR) is 73.9 cm³/mol. The van der Waals surface area contributed by atoms with Gasteiger partial charge in [0.1, 0.15) is 0 Å². The molecule has 0 aliphatic heterocycles. The van der Waals surface area contributed by atoms with E-state index in [1.54, 1.807) is 0 Å². The number of aromatic nitrogens is 2. The number of imidazole rings is 1. The Morgan fingerprint density at radius 1 is 1.56 bits per heavy atom. The molecule has 1 aromatic rings. The molecule has 4 nitrogen and oxygen atoms in total. The molecule has 1 unspecified atom stereocenters. The third-order valence-corrected chi connectivity index (χ3v) is 3.47. The van der Waals surface area contributed by atoms with Gasteiger partial charge in [-0.2, -0.15) is 0 Å². The third-order valence-electron chi connectivity index (χ3n) is 3.47. The van der Waals surface area contributed by atoms with Crippen LogP contribution in [-0.2, 0) is 4.74 Å². The summed E-state index contributed by atoms with van der Waals surface area (Å²) in [5.74, 6) is 1.95. The monoisotopic (exact) mass is 251 g/mol. The fourth-order valence-corrected chi connectivity index (χ4v) is 2.27. The van der Waals surface area contributed by atoms with E-state index in [1.807, 2.05) is 13.1 Å². The van der Waals surface area contributed by atoms with Crippen LogP contribution in [0.2, 0.25) is 0 Å². The molecule has 4 heteroatoms. The van der Waals surface area contributed by atoms with Gasteiger partial charge in [-0.3, -0.25) is 0 Å². The molecule has 1 aliphatic rings. The molecule has 0 spiro atoms. The molecule has 1 aliphatic carbocycles. The fourth-order valence-electron chi connectivity index (χ4n) is 2.27. The first kappa shape index (κ1) is 13.4. The Morgan fingerprint density at radius 3 is 3.11 bits per heavy atom. The lowest BCUT2D eigenvalue weighted by molar-refractivity contribution is 0.147. The largest absolute Gasteiger partial charge is 0.382 e. The van der Waals surface area contributed by atoms with Crippen molar-refractivity contribution in [2.24, 2.45) is 5.92 Å². The lowest BCUT2D eigenvalue weighted by atomic mass is 10.1. The predicted octanol–water partition coefficient (Wildman–Crippen LogP) is 3.08. The van der Waals surface area contributed by atoms with E-state index < -0.39 is 0 Å². The summed E-state index contributed by atoms with van der Waals surface area (Å²) < 4.78 is 7.59. The molecule has 2 rings (SSSR count). The summed E-state index contributed by atoms with van der Waals surface area (Å²) >= 11 is 0. The standard InChI is InChI=1S/C14H25N3O/c1-3-18-10-4-7-15-14-16-8-9-17(14)12(2)11-13-5-6-13/h8-9,12-13H,3-7,10-11H2,1-2H3,(H,15,16). The minimum atomic E-state index is 0.550. The van der Waals surface area contributed by atoms with Gasteiger partial charge in [-0.15, -0.1) is 0 Å². The molecular formula is C14H25N3O. The Hall–Kier alpha value is -1.03. The molecule has 0 amide bonds. The Balaban J connectivity index is 1.75. The van der Waals surface area contributed by atoms with Crippen LogP contribution in [0.15, 0.2) is 12.4 Å². The second-order valence-electron chi connectivity index (χ2n) is 5.16. The number of nitrogens with one attached hydrogen (secondary N) is 1. The van der Waals surface area contributed by atoms with Gasteiger partial charge in [-0.1, -0.05) is 12.8 Å². The van der Waals surface area contributed by atoms with E-state index in [0.717, 1.165) is 38.0 Å². The maximum Gasteiger partial charge on any atom is 0.203 e. The molecule has 1 fully saturated rings. The van der Waals surface area contributed by atoms with Gasteiger partial charge in [-0.25, -0.2) is 4.98 Å². The maximum atomic E-state index is 5.32. The summed E-state index contributed by atoms with van der Waals surface area (Å²) in [6.45, 7) is 6.85. The van der Waals surface area contributed by atoms with Gasteiger partial charge in [0.25, 0.3) is 0 Å². The number of nitrogens with zero attached hydrogens (tertiary/aromatic N) is 2. The number of hydrogen-bond acceptors (Lipinski definition) is 3. The zero-order chi connectivity index (χ0) is 12.8. The van der Waals surface area contributed by atoms with E-state index in [-0.39, 0.29) is 0 Å². The summed E-state index contributed by atoms with van der Waals surface area (Å²) in [6.07, 6.45) is 9.10. The average molecular weight is 251 g/mol. The third kappa shape index (κ3) is 4.02. The number of ether oxygens (including phenoxy) is 1. The fraction of sp³-hybridized carbons (Fsp3) is 0.786. The van der Waals surface area contributed by atoms with E-state index in [2.05, 4.69) is 28.0 Å². The molecule has 0 radical (unpaired) electrons. The Kier molecular flexibility index (Phi) is 5.05. The summed E-state index contributed by atoms with van der Waals surface area (Å²) in [5, 5.41) is 3.40. The summed E-state index contributed by atoms with van der Waals surface area (Å²) in [7, 11) is 0. The average Bonchev–Trinajstić information content (AvgIpc) is 3.05. The van der Waals surface area contributed by atoms with Crippen LogP contribution >= 0.6 is 0 Å². The van der Waals surface area contributed by atoms with E-state index in [9.17, 15) is 0 Å². The van der Waals surface area contributed by atoms with Crippen LogP contribution in [0.5, 0.6) is 0 Å². The van der Waals surface area contributed by atoms with Gasteiger partial charge in [0, 0.05) is 38.2 Å². The number of hydrogen-bond donors (Lipinski definition) is 1. The van der Waals surface area contributed by atoms with Gasteiger partial charge in [0.2, 0.25) is 5.95 Å². The Morgan fingerprint density at radius 2 is 2.39 bits per heavy atom. The van der Waals surface area contributed by atoms with Gasteiger partial charge in [-0.05, 0) is 32.6 Å². The highest BCUT2D eigenvalue weighted by molar-refractivity contribution is 5.26. The molecule has 102 valence electrons. The minimum Gasteiger partial charge on any atom is -0.382 e. The Labute approximate surface area is 110 Å². The zero-order valence-electron chi connectivity index (χ0n) is 11.6. The van der Waals surface area contributed by atoms with Gasteiger partial charge >= 0.3 is 0 Å². The van der Waals surface area contributed by atoms with Crippen LogP contribution in [0.1, 0.15) is 45.6 Å².